The van der Waals surface area contributed by atoms with Crippen LogP contribution in [0.25, 0.3) is 0 Å². The van der Waals surface area contributed by atoms with Crippen molar-refractivity contribution >= 4 is 39.1 Å². The topological polar surface area (TPSA) is 66.5 Å². The third-order valence-corrected chi connectivity index (χ3v) is 8.53. The van der Waals surface area contributed by atoms with E-state index in [4.69, 9.17) is 0 Å². The Morgan fingerprint density at radius 2 is 1.47 bits per heavy atom. The van der Waals surface area contributed by atoms with Gasteiger partial charge in [-0.15, -0.1) is 0 Å². The molecule has 0 radical (unpaired) electrons. The highest BCUT2D eigenvalue weighted by molar-refractivity contribution is 7.99. The minimum absolute atomic E-state index is 0.139. The fourth-order valence-corrected chi connectivity index (χ4v) is 5.99. The van der Waals surface area contributed by atoms with Crippen LogP contribution in [0.1, 0.15) is 18.1 Å². The number of hydrogen-bond acceptors (Lipinski definition) is 4. The first-order valence-electron chi connectivity index (χ1n) is 11.7. The average molecular weight is 517 g/mol. The largest absolute Gasteiger partial charge is 0.323 e. The van der Waals surface area contributed by atoms with Gasteiger partial charge in [0.15, 0.2) is 0 Å². The molecule has 0 aliphatic carbocycles. The number of para-hydroxylation sites is 1. The van der Waals surface area contributed by atoms with E-state index in [1.165, 1.54) is 16.1 Å². The van der Waals surface area contributed by atoms with Gasteiger partial charge in [-0.3, -0.25) is 9.10 Å². The highest BCUT2D eigenvalue weighted by atomic mass is 32.2. The van der Waals surface area contributed by atoms with Gasteiger partial charge in [0.05, 0.1) is 16.3 Å². The second-order valence-electron chi connectivity index (χ2n) is 8.30. The van der Waals surface area contributed by atoms with E-state index >= 15 is 0 Å². The summed E-state index contributed by atoms with van der Waals surface area (Å²) in [6.45, 7) is 3.58. The molecule has 0 fully saturated rings. The number of aryl methyl sites for hydroxylation is 2. The molecule has 0 heterocycles. The molecule has 0 spiro atoms. The molecule has 4 aromatic carbocycles. The summed E-state index contributed by atoms with van der Waals surface area (Å²) < 4.78 is 28.4. The molecular formula is C29H28N2O3S2. The number of carbonyl (C=O) groups excluding carboxylic acids is 1. The molecule has 184 valence electrons. The Labute approximate surface area is 217 Å². The first-order chi connectivity index (χ1) is 17.4. The van der Waals surface area contributed by atoms with E-state index in [2.05, 4.69) is 5.32 Å². The van der Waals surface area contributed by atoms with Crippen molar-refractivity contribution in [3.63, 3.8) is 0 Å². The fraction of sp³-hybridized carbons (Fsp3) is 0.138. The molecule has 5 nitrogen and oxygen atoms in total. The number of anilines is 2. The predicted octanol–water partition coefficient (Wildman–Crippen LogP) is 6.54. The Hall–Kier alpha value is -3.55. The van der Waals surface area contributed by atoms with Crippen LogP contribution in [-0.2, 0) is 21.2 Å². The van der Waals surface area contributed by atoms with E-state index in [-0.39, 0.29) is 11.4 Å². The number of sulfonamides is 1. The number of amides is 1. The summed E-state index contributed by atoms with van der Waals surface area (Å²) in [4.78, 5) is 15.3. The molecule has 0 aliphatic rings. The molecule has 0 aromatic heterocycles. The Morgan fingerprint density at radius 3 is 2.14 bits per heavy atom. The lowest BCUT2D eigenvalue weighted by atomic mass is 10.1. The van der Waals surface area contributed by atoms with Gasteiger partial charge >= 0.3 is 0 Å². The van der Waals surface area contributed by atoms with Crippen LogP contribution in [0.5, 0.6) is 0 Å². The van der Waals surface area contributed by atoms with Gasteiger partial charge in [0.2, 0.25) is 5.91 Å². The van der Waals surface area contributed by atoms with E-state index in [1.54, 1.807) is 36.4 Å². The standard InChI is InChI=1S/C29H28N2O3S2/c1-3-23-15-17-24(18-16-23)31(36(33,34)26-19-13-22(2)14-20-26)21-29(32)30-27-11-7-8-12-28(27)35-25-9-5-4-6-10-25/h4-20H,3,21H2,1-2H3,(H,30,32). The van der Waals surface area contributed by atoms with Crippen LogP contribution in [0.4, 0.5) is 11.4 Å². The van der Waals surface area contributed by atoms with Crippen LogP contribution in [0.15, 0.2) is 118 Å². The molecule has 4 aromatic rings. The third-order valence-electron chi connectivity index (χ3n) is 5.66. The second-order valence-corrected chi connectivity index (χ2v) is 11.3. The Kier molecular flexibility index (Phi) is 8.13. The van der Waals surface area contributed by atoms with Crippen molar-refractivity contribution in [3.8, 4) is 0 Å². The number of benzene rings is 4. The predicted molar refractivity (Wildman–Crippen MR) is 147 cm³/mol. The van der Waals surface area contributed by atoms with Crippen molar-refractivity contribution in [2.75, 3.05) is 16.2 Å². The third kappa shape index (κ3) is 6.17. The van der Waals surface area contributed by atoms with Gasteiger partial charge in [-0.25, -0.2) is 8.42 Å². The SMILES string of the molecule is CCc1ccc(N(CC(=O)Nc2ccccc2Sc2ccccc2)S(=O)(=O)c2ccc(C)cc2)cc1. The normalized spacial score (nSPS) is 11.2. The van der Waals surface area contributed by atoms with Gasteiger partial charge in [-0.2, -0.15) is 0 Å². The summed E-state index contributed by atoms with van der Waals surface area (Å²) in [6, 6.07) is 31.3. The molecule has 1 amide bonds. The van der Waals surface area contributed by atoms with Gasteiger partial charge in [0.25, 0.3) is 10.0 Å². The van der Waals surface area contributed by atoms with E-state index in [0.29, 0.717) is 11.4 Å². The van der Waals surface area contributed by atoms with Crippen LogP contribution < -0.4 is 9.62 Å². The lowest BCUT2D eigenvalue weighted by molar-refractivity contribution is -0.114. The van der Waals surface area contributed by atoms with Crippen LogP contribution in [0, 0.1) is 6.92 Å². The first kappa shape index (κ1) is 25.5. The van der Waals surface area contributed by atoms with E-state index < -0.39 is 15.9 Å². The van der Waals surface area contributed by atoms with Crippen molar-refractivity contribution in [1.82, 2.24) is 0 Å². The maximum Gasteiger partial charge on any atom is 0.264 e. The molecule has 0 aliphatic heterocycles. The summed E-state index contributed by atoms with van der Waals surface area (Å²) in [5.41, 5.74) is 3.11. The van der Waals surface area contributed by atoms with E-state index in [9.17, 15) is 13.2 Å². The summed E-state index contributed by atoms with van der Waals surface area (Å²) in [7, 11) is -3.97. The van der Waals surface area contributed by atoms with Crippen molar-refractivity contribution in [2.45, 2.75) is 35.0 Å². The number of nitrogens with zero attached hydrogens (tertiary/aromatic N) is 1. The average Bonchev–Trinajstić information content (AvgIpc) is 2.89. The number of hydrogen-bond donors (Lipinski definition) is 1. The molecule has 0 saturated heterocycles. The zero-order valence-electron chi connectivity index (χ0n) is 20.2. The maximum atomic E-state index is 13.6. The number of nitrogens with one attached hydrogen (secondary N) is 1. The molecule has 0 atom stereocenters. The summed E-state index contributed by atoms with van der Waals surface area (Å²) in [5.74, 6) is -0.425. The Morgan fingerprint density at radius 1 is 0.833 bits per heavy atom. The number of carbonyl (C=O) groups is 1. The zero-order chi connectivity index (χ0) is 25.5. The minimum Gasteiger partial charge on any atom is -0.323 e. The monoisotopic (exact) mass is 516 g/mol. The first-order valence-corrected chi connectivity index (χ1v) is 13.9. The summed E-state index contributed by atoms with van der Waals surface area (Å²) in [6.07, 6.45) is 0.835. The molecule has 0 unspecified atom stereocenters. The molecule has 36 heavy (non-hydrogen) atoms. The molecule has 7 heteroatoms. The van der Waals surface area contributed by atoms with Crippen molar-refractivity contribution in [1.29, 1.82) is 0 Å². The zero-order valence-corrected chi connectivity index (χ0v) is 21.9. The lowest BCUT2D eigenvalue weighted by Gasteiger charge is -2.24. The van der Waals surface area contributed by atoms with Gasteiger partial charge in [0, 0.05) is 9.79 Å². The van der Waals surface area contributed by atoms with E-state index in [0.717, 1.165) is 27.3 Å². The highest BCUT2D eigenvalue weighted by Gasteiger charge is 2.27. The van der Waals surface area contributed by atoms with Crippen LogP contribution in [-0.4, -0.2) is 20.9 Å². The van der Waals surface area contributed by atoms with Crippen LogP contribution in [0.3, 0.4) is 0 Å². The smallest absolute Gasteiger partial charge is 0.264 e. The number of rotatable bonds is 9. The lowest BCUT2D eigenvalue weighted by Crippen LogP contribution is -2.38. The minimum atomic E-state index is -3.97. The molecule has 0 bridgehead atoms. The van der Waals surface area contributed by atoms with Crippen molar-refractivity contribution < 1.29 is 13.2 Å². The van der Waals surface area contributed by atoms with Gasteiger partial charge in [0.1, 0.15) is 6.54 Å². The van der Waals surface area contributed by atoms with Crippen LogP contribution >= 0.6 is 11.8 Å². The Balaban J connectivity index is 1.62. The second kappa shape index (κ2) is 11.5. The molecule has 4 rings (SSSR count). The van der Waals surface area contributed by atoms with Crippen LogP contribution in [0.2, 0.25) is 0 Å². The Bertz CT molecular complexity index is 1420. The quantitative estimate of drug-likeness (QED) is 0.274. The van der Waals surface area contributed by atoms with Gasteiger partial charge in [-0.05, 0) is 67.4 Å². The summed E-state index contributed by atoms with van der Waals surface area (Å²) >= 11 is 1.53. The maximum absolute atomic E-state index is 13.6. The van der Waals surface area contributed by atoms with Crippen molar-refractivity contribution in [3.05, 3.63) is 114 Å². The van der Waals surface area contributed by atoms with Gasteiger partial charge < -0.3 is 5.32 Å². The highest BCUT2D eigenvalue weighted by Crippen LogP contribution is 2.33. The fourth-order valence-electron chi connectivity index (χ4n) is 3.65. The molecular weight excluding hydrogens is 488 g/mol. The van der Waals surface area contributed by atoms with E-state index in [1.807, 2.05) is 80.6 Å². The van der Waals surface area contributed by atoms with Crippen molar-refractivity contribution in [2.24, 2.45) is 0 Å². The summed E-state index contributed by atoms with van der Waals surface area (Å²) in [5, 5.41) is 2.92. The van der Waals surface area contributed by atoms with Gasteiger partial charge in [-0.1, -0.05) is 78.8 Å². The molecule has 1 N–H and O–H groups in total. The molecule has 0 saturated carbocycles.